The van der Waals surface area contributed by atoms with Crippen molar-refractivity contribution >= 4 is 16.8 Å². The molecule has 1 atom stereocenters. The molecule has 6 heteroatoms. The number of carbonyl (C=O) groups is 1. The highest BCUT2D eigenvalue weighted by molar-refractivity contribution is 5.86. The number of para-hydroxylation sites is 1. The van der Waals surface area contributed by atoms with Gasteiger partial charge in [0.15, 0.2) is 0 Å². The first-order valence-electron chi connectivity index (χ1n) is 13.4. The molecule has 1 amide bonds. The van der Waals surface area contributed by atoms with Gasteiger partial charge in [-0.25, -0.2) is 8.78 Å². The van der Waals surface area contributed by atoms with E-state index in [1.165, 1.54) is 5.56 Å². The van der Waals surface area contributed by atoms with E-state index < -0.39 is 5.92 Å². The minimum atomic E-state index is -2.52. The number of aromatic nitrogens is 1. The lowest BCUT2D eigenvalue weighted by atomic mass is 9.86. The summed E-state index contributed by atoms with van der Waals surface area (Å²) < 4.78 is 29.7. The van der Waals surface area contributed by atoms with Crippen LogP contribution in [0.25, 0.3) is 10.9 Å². The second-order valence-corrected chi connectivity index (χ2v) is 10.8. The SMILES string of the molecule is Cc1cccc(C(CC(=O)NC2CCNCC2)c2cn(CC3CCC(F)(F)CC3)c3ccccc23)c1. The Morgan fingerprint density at radius 1 is 1.08 bits per heavy atom. The van der Waals surface area contributed by atoms with Crippen LogP contribution in [0.4, 0.5) is 8.78 Å². The summed E-state index contributed by atoms with van der Waals surface area (Å²) >= 11 is 0. The van der Waals surface area contributed by atoms with Gasteiger partial charge in [0.25, 0.3) is 0 Å². The normalized spacial score (nSPS) is 19.9. The summed E-state index contributed by atoms with van der Waals surface area (Å²) in [7, 11) is 0. The van der Waals surface area contributed by atoms with Crippen LogP contribution >= 0.6 is 0 Å². The molecule has 1 aromatic heterocycles. The molecule has 36 heavy (non-hydrogen) atoms. The van der Waals surface area contributed by atoms with Gasteiger partial charge >= 0.3 is 0 Å². The van der Waals surface area contributed by atoms with Gasteiger partial charge in [-0.3, -0.25) is 4.79 Å². The number of fused-ring (bicyclic) bond motifs is 1. The first-order chi connectivity index (χ1) is 17.4. The van der Waals surface area contributed by atoms with Gasteiger partial charge in [0, 0.05) is 54.9 Å². The zero-order chi connectivity index (χ0) is 25.1. The van der Waals surface area contributed by atoms with Crippen molar-refractivity contribution in [2.45, 2.75) is 76.3 Å². The third kappa shape index (κ3) is 5.80. The summed E-state index contributed by atoms with van der Waals surface area (Å²) in [5.41, 5.74) is 4.55. The molecule has 2 heterocycles. The Labute approximate surface area is 212 Å². The van der Waals surface area contributed by atoms with Gasteiger partial charge in [-0.15, -0.1) is 0 Å². The topological polar surface area (TPSA) is 46.1 Å². The first-order valence-corrected chi connectivity index (χ1v) is 13.4. The molecular weight excluding hydrogens is 456 g/mol. The Morgan fingerprint density at radius 2 is 1.83 bits per heavy atom. The fourth-order valence-corrected chi connectivity index (χ4v) is 6.00. The quantitative estimate of drug-likeness (QED) is 0.414. The summed E-state index contributed by atoms with van der Waals surface area (Å²) in [6.45, 7) is 4.69. The number of alkyl halides is 2. The highest BCUT2D eigenvalue weighted by atomic mass is 19.3. The van der Waals surface area contributed by atoms with E-state index in [4.69, 9.17) is 0 Å². The summed E-state index contributed by atoms with van der Waals surface area (Å²) in [6.07, 6.45) is 5.54. The summed E-state index contributed by atoms with van der Waals surface area (Å²) in [5.74, 6) is -2.26. The van der Waals surface area contributed by atoms with E-state index in [1.54, 1.807) is 0 Å². The third-order valence-electron chi connectivity index (χ3n) is 8.02. The highest BCUT2D eigenvalue weighted by Gasteiger charge is 2.35. The number of hydrogen-bond donors (Lipinski definition) is 2. The largest absolute Gasteiger partial charge is 0.353 e. The van der Waals surface area contributed by atoms with Crippen LogP contribution < -0.4 is 10.6 Å². The van der Waals surface area contributed by atoms with Crippen LogP contribution in [0.5, 0.6) is 0 Å². The summed E-state index contributed by atoms with van der Waals surface area (Å²) in [5, 5.41) is 7.77. The summed E-state index contributed by atoms with van der Waals surface area (Å²) in [4.78, 5) is 13.3. The molecular formula is C30H37F2N3O. The molecule has 1 aliphatic carbocycles. The molecule has 2 fully saturated rings. The lowest BCUT2D eigenvalue weighted by Gasteiger charge is -2.28. The summed E-state index contributed by atoms with van der Waals surface area (Å²) in [6, 6.07) is 17.0. The monoisotopic (exact) mass is 493 g/mol. The first kappa shape index (κ1) is 24.9. The van der Waals surface area contributed by atoms with Gasteiger partial charge in [-0.2, -0.15) is 0 Å². The number of aryl methyl sites for hydroxylation is 1. The van der Waals surface area contributed by atoms with Crippen molar-refractivity contribution in [2.75, 3.05) is 13.1 Å². The molecule has 2 aromatic carbocycles. The number of piperidine rings is 1. The van der Waals surface area contributed by atoms with Crippen molar-refractivity contribution < 1.29 is 13.6 Å². The number of rotatable bonds is 7. The molecule has 4 nitrogen and oxygen atoms in total. The molecule has 0 bridgehead atoms. The van der Waals surface area contributed by atoms with Crippen molar-refractivity contribution in [3.05, 3.63) is 71.4 Å². The predicted octanol–water partition coefficient (Wildman–Crippen LogP) is 6.17. The molecule has 1 unspecified atom stereocenters. The van der Waals surface area contributed by atoms with Gasteiger partial charge in [-0.1, -0.05) is 48.0 Å². The van der Waals surface area contributed by atoms with Gasteiger partial charge in [-0.05, 0) is 68.8 Å². The van der Waals surface area contributed by atoms with Gasteiger partial charge in [0.1, 0.15) is 0 Å². The second-order valence-electron chi connectivity index (χ2n) is 10.8. The van der Waals surface area contributed by atoms with E-state index in [-0.39, 0.29) is 36.6 Å². The molecule has 5 rings (SSSR count). The van der Waals surface area contributed by atoms with Crippen LogP contribution in [-0.4, -0.2) is 35.5 Å². The molecule has 1 aliphatic heterocycles. The number of nitrogens with one attached hydrogen (secondary N) is 2. The Bertz CT molecular complexity index is 1190. The van der Waals surface area contributed by atoms with Crippen molar-refractivity contribution in [2.24, 2.45) is 5.92 Å². The van der Waals surface area contributed by atoms with Crippen LogP contribution in [0, 0.1) is 12.8 Å². The minimum absolute atomic E-state index is 0.0213. The molecule has 2 aliphatic rings. The number of amides is 1. The molecule has 1 saturated heterocycles. The Morgan fingerprint density at radius 3 is 2.58 bits per heavy atom. The average Bonchev–Trinajstić information content (AvgIpc) is 3.22. The Hall–Kier alpha value is -2.73. The maximum Gasteiger partial charge on any atom is 0.248 e. The van der Waals surface area contributed by atoms with E-state index in [1.807, 2.05) is 12.1 Å². The van der Waals surface area contributed by atoms with Crippen LogP contribution in [0.15, 0.2) is 54.7 Å². The zero-order valence-corrected chi connectivity index (χ0v) is 21.1. The maximum atomic E-state index is 13.7. The Kier molecular flexibility index (Phi) is 7.42. The number of hydrogen-bond acceptors (Lipinski definition) is 2. The van der Waals surface area contributed by atoms with Gasteiger partial charge in [0.2, 0.25) is 11.8 Å². The van der Waals surface area contributed by atoms with Gasteiger partial charge in [0.05, 0.1) is 0 Å². The van der Waals surface area contributed by atoms with E-state index in [9.17, 15) is 13.6 Å². The standard InChI is InChI=1S/C30H37F2N3O/c1-21-5-4-6-23(17-21)26(18-29(36)34-24-11-15-33-16-12-24)27-20-35(28-8-3-2-7-25(27)28)19-22-9-13-30(31,32)14-10-22/h2-8,17,20,22,24,26,33H,9-16,18-19H2,1H3,(H,34,36). The third-order valence-corrected chi connectivity index (χ3v) is 8.02. The molecule has 1 saturated carbocycles. The van der Waals surface area contributed by atoms with Crippen LogP contribution in [-0.2, 0) is 11.3 Å². The average molecular weight is 494 g/mol. The molecule has 192 valence electrons. The molecule has 2 N–H and O–H groups in total. The second kappa shape index (κ2) is 10.7. The molecule has 0 radical (unpaired) electrons. The van der Waals surface area contributed by atoms with Crippen LogP contribution in [0.1, 0.15) is 67.6 Å². The van der Waals surface area contributed by atoms with E-state index in [0.717, 1.165) is 54.5 Å². The lowest BCUT2D eigenvalue weighted by molar-refractivity contribution is -0.122. The zero-order valence-electron chi connectivity index (χ0n) is 21.1. The predicted molar refractivity (Wildman–Crippen MR) is 141 cm³/mol. The fraction of sp³-hybridized carbons (Fsp3) is 0.500. The van der Waals surface area contributed by atoms with Crippen LogP contribution in [0.3, 0.4) is 0 Å². The molecule has 3 aromatic rings. The van der Waals surface area contributed by atoms with Gasteiger partial charge < -0.3 is 15.2 Å². The number of carbonyl (C=O) groups excluding carboxylic acids is 1. The van der Waals surface area contributed by atoms with Crippen molar-refractivity contribution in [1.29, 1.82) is 0 Å². The van der Waals surface area contributed by atoms with Crippen molar-refractivity contribution in [1.82, 2.24) is 15.2 Å². The van der Waals surface area contributed by atoms with Crippen molar-refractivity contribution in [3.8, 4) is 0 Å². The fourth-order valence-electron chi connectivity index (χ4n) is 6.00. The Balaban J connectivity index is 1.45. The number of nitrogens with zero attached hydrogens (tertiary/aromatic N) is 1. The van der Waals surface area contributed by atoms with Crippen LogP contribution in [0.2, 0.25) is 0 Å². The number of benzene rings is 2. The van der Waals surface area contributed by atoms with E-state index in [0.29, 0.717) is 19.3 Å². The smallest absolute Gasteiger partial charge is 0.248 e. The van der Waals surface area contributed by atoms with Crippen molar-refractivity contribution in [3.63, 3.8) is 0 Å². The number of halogens is 2. The molecule has 0 spiro atoms. The van der Waals surface area contributed by atoms with E-state index in [2.05, 4.69) is 64.7 Å². The lowest BCUT2D eigenvalue weighted by Crippen LogP contribution is -2.43. The van der Waals surface area contributed by atoms with E-state index >= 15 is 0 Å². The minimum Gasteiger partial charge on any atom is -0.353 e. The maximum absolute atomic E-state index is 13.7. The highest BCUT2D eigenvalue weighted by Crippen LogP contribution is 2.39.